The summed E-state index contributed by atoms with van der Waals surface area (Å²) in [5, 5.41) is 2.93. The first-order chi connectivity index (χ1) is 11.8. The Morgan fingerprint density at radius 1 is 1.08 bits per heavy atom. The van der Waals surface area contributed by atoms with Crippen LogP contribution in [0.3, 0.4) is 0 Å². The van der Waals surface area contributed by atoms with Crippen LogP contribution in [-0.4, -0.2) is 38.8 Å². The maximum Gasteiger partial charge on any atom is 0.251 e. The molecule has 5 nitrogen and oxygen atoms in total. The lowest BCUT2D eigenvalue weighted by Crippen LogP contribution is -2.33. The first-order valence-electron chi connectivity index (χ1n) is 8.18. The first-order valence-corrected chi connectivity index (χ1v) is 9.62. The fourth-order valence-electron chi connectivity index (χ4n) is 2.42. The van der Waals surface area contributed by atoms with E-state index in [0.29, 0.717) is 5.56 Å². The van der Waals surface area contributed by atoms with Crippen molar-refractivity contribution in [3.63, 3.8) is 0 Å². The number of carbonyl (C=O) groups is 1. The molecule has 2 aromatic carbocycles. The molecule has 0 saturated carbocycles. The summed E-state index contributed by atoms with van der Waals surface area (Å²) in [5.41, 5.74) is 1.57. The highest BCUT2D eigenvalue weighted by atomic mass is 32.2. The number of nitrogens with one attached hydrogen (secondary N) is 1. The average molecular weight is 360 g/mol. The van der Waals surface area contributed by atoms with Crippen LogP contribution >= 0.6 is 0 Å². The molecular formula is C19H24N2O3S. The monoisotopic (exact) mass is 360 g/mol. The summed E-state index contributed by atoms with van der Waals surface area (Å²) >= 11 is 0. The third kappa shape index (κ3) is 5.14. The van der Waals surface area contributed by atoms with Gasteiger partial charge in [-0.3, -0.25) is 4.79 Å². The van der Waals surface area contributed by atoms with Crippen LogP contribution in [0.5, 0.6) is 0 Å². The number of rotatable bonds is 7. The Morgan fingerprint density at radius 2 is 1.76 bits per heavy atom. The van der Waals surface area contributed by atoms with Gasteiger partial charge in [0, 0.05) is 25.7 Å². The van der Waals surface area contributed by atoms with Crippen molar-refractivity contribution in [2.24, 2.45) is 0 Å². The van der Waals surface area contributed by atoms with E-state index in [4.69, 9.17) is 0 Å². The van der Waals surface area contributed by atoms with Crippen molar-refractivity contribution in [3.8, 4) is 0 Å². The molecule has 1 atom stereocenters. The zero-order valence-electron chi connectivity index (χ0n) is 14.8. The molecule has 0 spiro atoms. The second-order valence-electron chi connectivity index (χ2n) is 6.21. The second kappa shape index (κ2) is 8.27. The van der Waals surface area contributed by atoms with Crippen molar-refractivity contribution in [1.29, 1.82) is 0 Å². The van der Waals surface area contributed by atoms with Gasteiger partial charge in [-0.2, -0.15) is 0 Å². The van der Waals surface area contributed by atoms with Gasteiger partial charge in [0.15, 0.2) is 0 Å². The van der Waals surface area contributed by atoms with Gasteiger partial charge in [0.2, 0.25) is 10.0 Å². The Morgan fingerprint density at radius 3 is 2.40 bits per heavy atom. The number of carbonyl (C=O) groups excluding carboxylic acids is 1. The van der Waals surface area contributed by atoms with E-state index in [1.807, 2.05) is 25.1 Å². The third-order valence-corrected chi connectivity index (χ3v) is 5.77. The zero-order chi connectivity index (χ0) is 18.4. The number of nitrogens with zero attached hydrogens (tertiary/aromatic N) is 1. The zero-order valence-corrected chi connectivity index (χ0v) is 15.6. The van der Waals surface area contributed by atoms with Crippen LogP contribution in [0, 0.1) is 0 Å². The lowest BCUT2D eigenvalue weighted by Gasteiger charge is -2.15. The molecule has 25 heavy (non-hydrogen) atoms. The quantitative estimate of drug-likeness (QED) is 0.825. The summed E-state index contributed by atoms with van der Waals surface area (Å²) in [5.74, 6) is -0.267. The molecule has 6 heteroatoms. The molecule has 2 rings (SSSR count). The Hall–Kier alpha value is -2.18. The Balaban J connectivity index is 2.01. The lowest BCUT2D eigenvalue weighted by atomic mass is 10.1. The van der Waals surface area contributed by atoms with Crippen molar-refractivity contribution in [1.82, 2.24) is 9.62 Å². The van der Waals surface area contributed by atoms with E-state index < -0.39 is 10.0 Å². The topological polar surface area (TPSA) is 66.5 Å². The van der Waals surface area contributed by atoms with Crippen molar-refractivity contribution in [2.45, 2.75) is 30.7 Å². The summed E-state index contributed by atoms with van der Waals surface area (Å²) in [6.45, 7) is 1.95. The molecule has 0 fully saturated rings. The number of hydrogen-bond acceptors (Lipinski definition) is 3. The van der Waals surface area contributed by atoms with Gasteiger partial charge < -0.3 is 5.32 Å². The Kier molecular flexibility index (Phi) is 6.33. The fraction of sp³-hybridized carbons (Fsp3) is 0.316. The van der Waals surface area contributed by atoms with Crippen LogP contribution in [0.1, 0.15) is 29.3 Å². The van der Waals surface area contributed by atoms with Crippen LogP contribution in [0.2, 0.25) is 0 Å². The molecule has 0 aliphatic heterocycles. The molecule has 0 saturated heterocycles. The largest absolute Gasteiger partial charge is 0.350 e. The normalized spacial score (nSPS) is 12.8. The van der Waals surface area contributed by atoms with E-state index in [1.165, 1.54) is 31.8 Å². The average Bonchev–Trinajstić information content (AvgIpc) is 2.60. The standard InChI is InChI=1S/C19H24N2O3S/c1-15(12-13-16-8-5-4-6-9-16)20-19(22)17-10-7-11-18(14-17)25(23,24)21(2)3/h4-11,14-15H,12-13H2,1-3H3,(H,20,22)/t15-/m0/s1. The molecule has 1 amide bonds. The van der Waals surface area contributed by atoms with Gasteiger partial charge in [0.05, 0.1) is 4.90 Å². The van der Waals surface area contributed by atoms with E-state index in [-0.39, 0.29) is 16.8 Å². The highest BCUT2D eigenvalue weighted by molar-refractivity contribution is 7.89. The minimum Gasteiger partial charge on any atom is -0.350 e. The van der Waals surface area contributed by atoms with Gasteiger partial charge in [-0.1, -0.05) is 36.4 Å². The molecule has 0 heterocycles. The van der Waals surface area contributed by atoms with Crippen LogP contribution in [0.25, 0.3) is 0 Å². The van der Waals surface area contributed by atoms with Crippen LogP contribution in [0.15, 0.2) is 59.5 Å². The third-order valence-electron chi connectivity index (χ3n) is 3.96. The molecule has 0 bridgehead atoms. The van der Waals surface area contributed by atoms with E-state index in [1.54, 1.807) is 12.1 Å². The number of sulfonamides is 1. The minimum atomic E-state index is -3.55. The summed E-state index contributed by atoms with van der Waals surface area (Å²) in [6.07, 6.45) is 1.68. The highest BCUT2D eigenvalue weighted by Gasteiger charge is 2.19. The number of aryl methyl sites for hydroxylation is 1. The smallest absolute Gasteiger partial charge is 0.251 e. The van der Waals surface area contributed by atoms with Gasteiger partial charge in [-0.05, 0) is 43.5 Å². The maximum atomic E-state index is 12.4. The van der Waals surface area contributed by atoms with E-state index in [0.717, 1.165) is 17.1 Å². The minimum absolute atomic E-state index is 0.0122. The number of hydrogen-bond donors (Lipinski definition) is 1. The predicted molar refractivity (Wildman–Crippen MR) is 99.0 cm³/mol. The van der Waals surface area contributed by atoms with Crippen molar-refractivity contribution < 1.29 is 13.2 Å². The lowest BCUT2D eigenvalue weighted by molar-refractivity contribution is 0.0938. The predicted octanol–water partition coefficient (Wildman–Crippen LogP) is 2.69. The molecule has 0 unspecified atom stereocenters. The Bertz CT molecular complexity index is 818. The number of amides is 1. The highest BCUT2D eigenvalue weighted by Crippen LogP contribution is 2.15. The summed E-state index contributed by atoms with van der Waals surface area (Å²) in [4.78, 5) is 12.5. The molecule has 0 aromatic heterocycles. The van der Waals surface area contributed by atoms with Gasteiger partial charge in [-0.15, -0.1) is 0 Å². The van der Waals surface area contributed by atoms with E-state index in [2.05, 4.69) is 17.4 Å². The molecule has 0 radical (unpaired) electrons. The molecule has 134 valence electrons. The molecule has 2 aromatic rings. The SMILES string of the molecule is C[C@@H](CCc1ccccc1)NC(=O)c1cccc(S(=O)(=O)N(C)C)c1. The van der Waals surface area contributed by atoms with E-state index in [9.17, 15) is 13.2 Å². The van der Waals surface area contributed by atoms with Gasteiger partial charge in [-0.25, -0.2) is 12.7 Å². The Labute approximate surface area is 149 Å². The summed E-state index contributed by atoms with van der Waals surface area (Å²) in [7, 11) is -0.622. The fourth-order valence-corrected chi connectivity index (χ4v) is 3.36. The summed E-state index contributed by atoms with van der Waals surface area (Å²) < 4.78 is 25.5. The van der Waals surface area contributed by atoms with Crippen LogP contribution < -0.4 is 5.32 Å². The molecule has 0 aliphatic carbocycles. The molecule has 1 N–H and O–H groups in total. The first kappa shape index (κ1) is 19.1. The van der Waals surface area contributed by atoms with Gasteiger partial charge in [0.25, 0.3) is 5.91 Å². The van der Waals surface area contributed by atoms with Gasteiger partial charge >= 0.3 is 0 Å². The molecule has 0 aliphatic rings. The van der Waals surface area contributed by atoms with Crippen molar-refractivity contribution in [3.05, 3.63) is 65.7 Å². The van der Waals surface area contributed by atoms with E-state index >= 15 is 0 Å². The molecular weight excluding hydrogens is 336 g/mol. The van der Waals surface area contributed by atoms with Crippen molar-refractivity contribution in [2.75, 3.05) is 14.1 Å². The van der Waals surface area contributed by atoms with Crippen molar-refractivity contribution >= 4 is 15.9 Å². The van der Waals surface area contributed by atoms with Gasteiger partial charge in [0.1, 0.15) is 0 Å². The maximum absolute atomic E-state index is 12.4. The van der Waals surface area contributed by atoms with Crippen LogP contribution in [0.4, 0.5) is 0 Å². The summed E-state index contributed by atoms with van der Waals surface area (Å²) in [6, 6.07) is 16.2. The van der Waals surface area contributed by atoms with Crippen LogP contribution in [-0.2, 0) is 16.4 Å². The second-order valence-corrected chi connectivity index (χ2v) is 8.37. The number of benzene rings is 2.